The lowest BCUT2D eigenvalue weighted by Crippen LogP contribution is -2.31. The molecular formula is C21H17NO3. The van der Waals surface area contributed by atoms with Gasteiger partial charge in [0.2, 0.25) is 0 Å². The Bertz CT molecular complexity index is 988. The first-order valence-corrected chi connectivity index (χ1v) is 8.23. The Labute approximate surface area is 145 Å². The van der Waals surface area contributed by atoms with Crippen LogP contribution in [0.25, 0.3) is 10.8 Å². The van der Waals surface area contributed by atoms with Crippen molar-refractivity contribution in [1.82, 2.24) is 0 Å². The second kappa shape index (κ2) is 6.06. The minimum absolute atomic E-state index is 0.00440. The van der Waals surface area contributed by atoms with Crippen LogP contribution in [0.5, 0.6) is 5.75 Å². The van der Waals surface area contributed by atoms with E-state index in [-0.39, 0.29) is 11.7 Å². The maximum Gasteiger partial charge on any atom is 0.259 e. The van der Waals surface area contributed by atoms with Crippen molar-refractivity contribution in [1.29, 1.82) is 0 Å². The van der Waals surface area contributed by atoms with Crippen molar-refractivity contribution in [3.05, 3.63) is 71.8 Å². The number of anilines is 1. The van der Waals surface area contributed by atoms with E-state index in [1.165, 1.54) is 6.92 Å². The molecule has 0 saturated carbocycles. The van der Waals surface area contributed by atoms with Gasteiger partial charge in [-0.1, -0.05) is 36.4 Å². The molecule has 4 rings (SSSR count). The van der Waals surface area contributed by atoms with Gasteiger partial charge >= 0.3 is 0 Å². The molecule has 0 aromatic heterocycles. The van der Waals surface area contributed by atoms with E-state index in [0.29, 0.717) is 24.5 Å². The Morgan fingerprint density at radius 2 is 1.76 bits per heavy atom. The first-order chi connectivity index (χ1) is 12.2. The number of hydrogen-bond acceptors (Lipinski definition) is 3. The lowest BCUT2D eigenvalue weighted by atomic mass is 10.1. The molecule has 1 aliphatic rings. The molecular weight excluding hydrogens is 314 g/mol. The van der Waals surface area contributed by atoms with Gasteiger partial charge in [-0.25, -0.2) is 0 Å². The number of Topliss-reactive ketones (excluding diaryl/α,β-unsaturated/α-hetero) is 1. The molecule has 0 spiro atoms. The number of rotatable bonds is 5. The van der Waals surface area contributed by atoms with Gasteiger partial charge < -0.3 is 9.64 Å². The van der Waals surface area contributed by atoms with E-state index in [1.54, 1.807) is 17.0 Å². The molecule has 3 aromatic carbocycles. The van der Waals surface area contributed by atoms with Crippen molar-refractivity contribution in [2.75, 3.05) is 18.1 Å². The predicted molar refractivity (Wildman–Crippen MR) is 97.6 cm³/mol. The molecule has 0 N–H and O–H groups in total. The Morgan fingerprint density at radius 3 is 2.56 bits per heavy atom. The average molecular weight is 331 g/mol. The zero-order valence-electron chi connectivity index (χ0n) is 13.9. The highest BCUT2D eigenvalue weighted by atomic mass is 16.5. The summed E-state index contributed by atoms with van der Waals surface area (Å²) in [6, 6.07) is 18.9. The number of benzene rings is 3. The minimum atomic E-state index is -0.0370. The van der Waals surface area contributed by atoms with Gasteiger partial charge in [0.25, 0.3) is 5.91 Å². The van der Waals surface area contributed by atoms with E-state index in [1.807, 2.05) is 48.5 Å². The van der Waals surface area contributed by atoms with Crippen LogP contribution in [0.1, 0.15) is 27.6 Å². The fourth-order valence-corrected chi connectivity index (χ4v) is 3.33. The van der Waals surface area contributed by atoms with Crippen LogP contribution < -0.4 is 9.64 Å². The largest absolute Gasteiger partial charge is 0.491 e. The summed E-state index contributed by atoms with van der Waals surface area (Å²) in [7, 11) is 0. The summed E-state index contributed by atoms with van der Waals surface area (Å²) in [5, 5.41) is 2.06. The maximum absolute atomic E-state index is 12.7. The van der Waals surface area contributed by atoms with Crippen LogP contribution in [0.2, 0.25) is 0 Å². The van der Waals surface area contributed by atoms with Crippen molar-refractivity contribution in [3.8, 4) is 5.75 Å². The fourth-order valence-electron chi connectivity index (χ4n) is 3.33. The van der Waals surface area contributed by atoms with E-state index in [9.17, 15) is 9.59 Å². The van der Waals surface area contributed by atoms with Crippen molar-refractivity contribution < 1.29 is 14.3 Å². The second-order valence-corrected chi connectivity index (χ2v) is 6.04. The van der Waals surface area contributed by atoms with E-state index in [4.69, 9.17) is 4.74 Å². The highest BCUT2D eigenvalue weighted by Gasteiger charge is 2.29. The van der Waals surface area contributed by atoms with E-state index in [2.05, 4.69) is 0 Å². The normalized spacial score (nSPS) is 12.7. The Balaban J connectivity index is 1.55. The third-order valence-corrected chi connectivity index (χ3v) is 4.49. The van der Waals surface area contributed by atoms with E-state index >= 15 is 0 Å². The van der Waals surface area contributed by atoms with Crippen LogP contribution in [0, 0.1) is 0 Å². The van der Waals surface area contributed by atoms with Gasteiger partial charge in [-0.05, 0) is 36.6 Å². The van der Waals surface area contributed by atoms with Gasteiger partial charge in [0.05, 0.1) is 17.8 Å². The highest BCUT2D eigenvalue weighted by molar-refractivity contribution is 6.25. The molecule has 0 radical (unpaired) electrons. The zero-order chi connectivity index (χ0) is 17.4. The zero-order valence-corrected chi connectivity index (χ0v) is 13.9. The first-order valence-electron chi connectivity index (χ1n) is 8.23. The molecule has 0 fully saturated rings. The number of amides is 1. The summed E-state index contributed by atoms with van der Waals surface area (Å²) in [5.74, 6) is 0.512. The van der Waals surface area contributed by atoms with Gasteiger partial charge in [0.15, 0.2) is 5.78 Å². The van der Waals surface area contributed by atoms with Crippen molar-refractivity contribution in [3.63, 3.8) is 0 Å². The van der Waals surface area contributed by atoms with Crippen LogP contribution in [0.3, 0.4) is 0 Å². The summed E-state index contributed by atoms with van der Waals surface area (Å²) < 4.78 is 5.79. The van der Waals surface area contributed by atoms with Crippen LogP contribution >= 0.6 is 0 Å². The Morgan fingerprint density at radius 1 is 1.00 bits per heavy atom. The minimum Gasteiger partial charge on any atom is -0.491 e. The quantitative estimate of drug-likeness (QED) is 0.662. The average Bonchev–Trinajstić information content (AvgIpc) is 2.90. The number of carbonyl (C=O) groups is 2. The smallest absolute Gasteiger partial charge is 0.259 e. The molecule has 25 heavy (non-hydrogen) atoms. The lowest BCUT2D eigenvalue weighted by molar-refractivity contribution is 0.0982. The predicted octanol–water partition coefficient (Wildman–Crippen LogP) is 4.08. The third-order valence-electron chi connectivity index (χ3n) is 4.49. The first kappa shape index (κ1) is 15.4. The van der Waals surface area contributed by atoms with Crippen molar-refractivity contribution in [2.45, 2.75) is 6.92 Å². The number of hydrogen-bond donors (Lipinski definition) is 0. The molecule has 4 nitrogen and oxygen atoms in total. The molecule has 0 aliphatic carbocycles. The number of ether oxygens (including phenoxy) is 1. The van der Waals surface area contributed by atoms with Crippen LogP contribution in [-0.4, -0.2) is 24.8 Å². The monoisotopic (exact) mass is 331 g/mol. The summed E-state index contributed by atoms with van der Waals surface area (Å²) in [6.45, 7) is 2.27. The number of carbonyl (C=O) groups excluding carboxylic acids is 2. The molecule has 0 bridgehead atoms. The van der Waals surface area contributed by atoms with E-state index in [0.717, 1.165) is 22.0 Å². The second-order valence-electron chi connectivity index (χ2n) is 6.04. The van der Waals surface area contributed by atoms with E-state index < -0.39 is 0 Å². The lowest BCUT2D eigenvalue weighted by Gasteiger charge is -2.18. The number of para-hydroxylation sites is 1. The summed E-state index contributed by atoms with van der Waals surface area (Å²) >= 11 is 0. The molecule has 3 aromatic rings. The van der Waals surface area contributed by atoms with Crippen molar-refractivity contribution >= 4 is 28.2 Å². The van der Waals surface area contributed by atoms with Crippen LogP contribution in [0.15, 0.2) is 60.7 Å². The van der Waals surface area contributed by atoms with Crippen LogP contribution in [0.4, 0.5) is 5.69 Å². The van der Waals surface area contributed by atoms with Crippen LogP contribution in [-0.2, 0) is 0 Å². The Hall–Kier alpha value is -3.14. The summed E-state index contributed by atoms with van der Waals surface area (Å²) in [5.41, 5.74) is 2.21. The molecule has 0 unspecified atom stereocenters. The molecule has 1 amide bonds. The van der Waals surface area contributed by atoms with Gasteiger partial charge in [-0.3, -0.25) is 9.59 Å². The topological polar surface area (TPSA) is 46.6 Å². The summed E-state index contributed by atoms with van der Waals surface area (Å²) in [6.07, 6.45) is 0. The molecule has 1 aliphatic heterocycles. The van der Waals surface area contributed by atoms with Gasteiger partial charge in [0.1, 0.15) is 12.4 Å². The summed E-state index contributed by atoms with van der Waals surface area (Å²) in [4.78, 5) is 26.1. The third kappa shape index (κ3) is 2.56. The van der Waals surface area contributed by atoms with Gasteiger partial charge in [-0.2, -0.15) is 0 Å². The molecule has 0 saturated heterocycles. The molecule has 4 heteroatoms. The number of nitrogens with zero attached hydrogens (tertiary/aromatic N) is 1. The SMILES string of the molecule is CC(=O)c1ccccc1OCCN1C(=O)c2cccc3cccc1c23. The number of ketones is 1. The standard InChI is InChI=1S/C21H17NO3/c1-14(23)16-8-2-3-11-19(16)25-13-12-22-18-10-5-7-15-6-4-9-17(20(15)18)21(22)24/h2-11H,12-13H2,1H3. The maximum atomic E-state index is 12.7. The Kier molecular flexibility index (Phi) is 3.73. The highest BCUT2D eigenvalue weighted by Crippen LogP contribution is 2.36. The molecule has 0 atom stereocenters. The van der Waals surface area contributed by atoms with Gasteiger partial charge in [0, 0.05) is 10.9 Å². The van der Waals surface area contributed by atoms with Gasteiger partial charge in [-0.15, -0.1) is 0 Å². The fraction of sp³-hybridized carbons (Fsp3) is 0.143. The molecule has 124 valence electrons. The molecule has 1 heterocycles. The van der Waals surface area contributed by atoms with Crippen molar-refractivity contribution in [2.24, 2.45) is 0 Å².